The molecule has 5 heteroatoms. The van der Waals surface area contributed by atoms with Crippen LogP contribution in [-0.4, -0.2) is 38.6 Å². The number of ether oxygens (including phenoxy) is 2. The first-order chi connectivity index (χ1) is 6.20. The molecule has 0 aliphatic carbocycles. The highest BCUT2D eigenvalue weighted by Crippen LogP contribution is 2.20. The summed E-state index contributed by atoms with van der Waals surface area (Å²) in [5, 5.41) is 0. The van der Waals surface area contributed by atoms with Crippen LogP contribution in [0, 0.1) is 0 Å². The third kappa shape index (κ3) is 7.88. The first kappa shape index (κ1) is 12.5. The van der Waals surface area contributed by atoms with Crippen molar-refractivity contribution in [1.82, 2.24) is 0 Å². The molecule has 76 valence electrons. The van der Waals surface area contributed by atoms with E-state index < -0.39 is 7.80 Å². The summed E-state index contributed by atoms with van der Waals surface area (Å²) in [5.74, 6) is -0.306. The van der Waals surface area contributed by atoms with Crippen molar-refractivity contribution in [2.24, 2.45) is 0 Å². The van der Waals surface area contributed by atoms with Gasteiger partial charge in [-0.2, -0.15) is 0 Å². The molecule has 0 aliphatic heterocycles. The quantitative estimate of drug-likeness (QED) is 0.360. The van der Waals surface area contributed by atoms with Gasteiger partial charge in [0.1, 0.15) is 0 Å². The lowest BCUT2D eigenvalue weighted by atomic mass is 10.5. The van der Waals surface area contributed by atoms with E-state index >= 15 is 0 Å². The fourth-order valence-electron chi connectivity index (χ4n) is 0.741. The first-order valence-electron chi connectivity index (χ1n) is 4.27. The lowest BCUT2D eigenvalue weighted by molar-refractivity contribution is -0.140. The van der Waals surface area contributed by atoms with E-state index in [4.69, 9.17) is 4.74 Å². The summed E-state index contributed by atoms with van der Waals surface area (Å²) >= 11 is 0. The van der Waals surface area contributed by atoms with Gasteiger partial charge in [0.2, 0.25) is 0 Å². The van der Waals surface area contributed by atoms with Crippen molar-refractivity contribution in [3.63, 3.8) is 0 Å². The van der Waals surface area contributed by atoms with Crippen molar-refractivity contribution in [2.45, 2.75) is 13.3 Å². The Morgan fingerprint density at radius 3 is 2.62 bits per heavy atom. The molecule has 0 heterocycles. The van der Waals surface area contributed by atoms with Gasteiger partial charge in [0.15, 0.2) is 12.3 Å². The maximum atomic E-state index is 11.2. The second kappa shape index (κ2) is 8.14. The standard InChI is InChI=1S/C8H16O4P/c1-3-12-5-7-13(10)6-4-8(9)11-2/h3-7H2,1-2H3/q+1. The van der Waals surface area contributed by atoms with E-state index in [1.54, 1.807) is 0 Å². The zero-order valence-corrected chi connectivity index (χ0v) is 9.01. The summed E-state index contributed by atoms with van der Waals surface area (Å²) < 4.78 is 20.7. The molecular formula is C8H16O4P+. The number of carbonyl (C=O) groups is 1. The number of hydrogen-bond donors (Lipinski definition) is 0. The Bertz CT molecular complexity index is 170. The Morgan fingerprint density at radius 1 is 1.38 bits per heavy atom. The molecule has 1 atom stereocenters. The van der Waals surface area contributed by atoms with Gasteiger partial charge in [0.05, 0.1) is 20.1 Å². The van der Waals surface area contributed by atoms with E-state index in [1.807, 2.05) is 6.92 Å². The average molecular weight is 207 g/mol. The van der Waals surface area contributed by atoms with Crippen molar-refractivity contribution in [1.29, 1.82) is 0 Å². The van der Waals surface area contributed by atoms with Crippen molar-refractivity contribution in [3.8, 4) is 0 Å². The smallest absolute Gasteiger partial charge is 0.341 e. The van der Waals surface area contributed by atoms with E-state index in [9.17, 15) is 9.36 Å². The highest BCUT2D eigenvalue weighted by Gasteiger charge is 2.16. The number of hydrogen-bond acceptors (Lipinski definition) is 4. The van der Waals surface area contributed by atoms with E-state index in [-0.39, 0.29) is 12.4 Å². The second-order valence-corrected chi connectivity index (χ2v) is 4.31. The molecule has 0 fully saturated rings. The van der Waals surface area contributed by atoms with Gasteiger partial charge in [-0.25, -0.2) is 0 Å². The van der Waals surface area contributed by atoms with Crippen LogP contribution in [0.1, 0.15) is 13.3 Å². The van der Waals surface area contributed by atoms with E-state index in [0.717, 1.165) is 0 Å². The molecule has 13 heavy (non-hydrogen) atoms. The van der Waals surface area contributed by atoms with Gasteiger partial charge in [0.25, 0.3) is 0 Å². The molecule has 0 radical (unpaired) electrons. The predicted molar refractivity (Wildman–Crippen MR) is 50.5 cm³/mol. The second-order valence-electron chi connectivity index (χ2n) is 2.45. The Kier molecular flexibility index (Phi) is 7.85. The summed E-state index contributed by atoms with van der Waals surface area (Å²) in [6.07, 6.45) is 1.16. The summed E-state index contributed by atoms with van der Waals surface area (Å²) in [7, 11) is 0.0227. The summed E-state index contributed by atoms with van der Waals surface area (Å²) in [6, 6.07) is 0. The maximum Gasteiger partial charge on any atom is 0.341 e. The van der Waals surface area contributed by atoms with Crippen LogP contribution in [0.15, 0.2) is 0 Å². The Morgan fingerprint density at radius 2 is 2.08 bits per heavy atom. The molecule has 0 amide bonds. The van der Waals surface area contributed by atoms with E-state index in [1.165, 1.54) is 7.11 Å². The molecule has 0 aromatic carbocycles. The molecule has 0 aromatic rings. The normalized spacial score (nSPS) is 11.1. The largest absolute Gasteiger partial charge is 0.469 e. The van der Waals surface area contributed by atoms with Gasteiger partial charge < -0.3 is 9.47 Å². The van der Waals surface area contributed by atoms with Crippen LogP contribution >= 0.6 is 7.80 Å². The third-order valence-corrected chi connectivity index (χ3v) is 2.89. The van der Waals surface area contributed by atoms with Crippen LogP contribution in [0.2, 0.25) is 0 Å². The molecular weight excluding hydrogens is 191 g/mol. The minimum Gasteiger partial charge on any atom is -0.469 e. The van der Waals surface area contributed by atoms with Crippen LogP contribution in [-0.2, 0) is 18.8 Å². The average Bonchev–Trinajstić information content (AvgIpc) is 2.14. The summed E-state index contributed by atoms with van der Waals surface area (Å²) in [6.45, 7) is 3.04. The molecule has 0 aromatic heterocycles. The van der Waals surface area contributed by atoms with Crippen LogP contribution in [0.5, 0.6) is 0 Å². The topological polar surface area (TPSA) is 52.6 Å². The predicted octanol–water partition coefficient (Wildman–Crippen LogP) is 1.41. The molecule has 0 aliphatic rings. The third-order valence-electron chi connectivity index (χ3n) is 1.48. The van der Waals surface area contributed by atoms with Gasteiger partial charge in [-0.15, -0.1) is 0 Å². The van der Waals surface area contributed by atoms with Crippen LogP contribution in [0.4, 0.5) is 0 Å². The van der Waals surface area contributed by atoms with Gasteiger partial charge in [-0.3, -0.25) is 4.79 Å². The van der Waals surface area contributed by atoms with Gasteiger partial charge in [-0.1, -0.05) is 4.57 Å². The van der Waals surface area contributed by atoms with Crippen molar-refractivity contribution >= 4 is 13.8 Å². The SMILES string of the molecule is CCOCC[P+](=O)CCC(=O)OC. The van der Waals surface area contributed by atoms with Crippen LogP contribution in [0.3, 0.4) is 0 Å². The lowest BCUT2D eigenvalue weighted by Gasteiger charge is -1.94. The van der Waals surface area contributed by atoms with Gasteiger partial charge in [0, 0.05) is 6.61 Å². The zero-order valence-electron chi connectivity index (χ0n) is 8.12. The fraction of sp³-hybridized carbons (Fsp3) is 0.875. The zero-order chi connectivity index (χ0) is 10.1. The Labute approximate surface area is 79.4 Å². The minimum absolute atomic E-state index is 0.234. The number of methoxy groups -OCH3 is 1. The first-order valence-corrected chi connectivity index (χ1v) is 5.90. The minimum atomic E-state index is -1.31. The maximum absolute atomic E-state index is 11.2. The summed E-state index contributed by atoms with van der Waals surface area (Å²) in [4.78, 5) is 10.7. The number of rotatable bonds is 7. The molecule has 1 unspecified atom stereocenters. The molecule has 4 nitrogen and oxygen atoms in total. The molecule has 0 saturated heterocycles. The number of esters is 1. The monoisotopic (exact) mass is 207 g/mol. The van der Waals surface area contributed by atoms with Gasteiger partial charge >= 0.3 is 13.8 Å². The van der Waals surface area contributed by atoms with Crippen LogP contribution < -0.4 is 0 Å². The van der Waals surface area contributed by atoms with Crippen molar-refractivity contribution in [3.05, 3.63) is 0 Å². The molecule has 0 bridgehead atoms. The van der Waals surface area contributed by atoms with Gasteiger partial charge in [-0.05, 0) is 6.92 Å². The van der Waals surface area contributed by atoms with Crippen molar-refractivity contribution < 1.29 is 18.8 Å². The molecule has 0 N–H and O–H groups in total. The highest BCUT2D eigenvalue weighted by atomic mass is 31.1. The van der Waals surface area contributed by atoms with Crippen LogP contribution in [0.25, 0.3) is 0 Å². The highest BCUT2D eigenvalue weighted by molar-refractivity contribution is 7.44. The molecule has 0 rings (SSSR count). The Hall–Kier alpha value is -0.470. The number of carbonyl (C=O) groups excluding carboxylic acids is 1. The van der Waals surface area contributed by atoms with E-state index in [0.29, 0.717) is 25.5 Å². The van der Waals surface area contributed by atoms with E-state index in [2.05, 4.69) is 4.74 Å². The fourth-order valence-corrected chi connectivity index (χ4v) is 1.73. The molecule has 0 saturated carbocycles. The lowest BCUT2D eigenvalue weighted by Crippen LogP contribution is -2.03. The van der Waals surface area contributed by atoms with Crippen molar-refractivity contribution in [2.75, 3.05) is 32.6 Å². The molecule has 0 spiro atoms. The summed E-state index contributed by atoms with van der Waals surface area (Å²) in [5.41, 5.74) is 0. The Balaban J connectivity index is 3.35.